The molecule has 3 aromatic heterocycles. The molecule has 0 aliphatic carbocycles. The van der Waals surface area contributed by atoms with Crippen LogP contribution in [0.5, 0.6) is 0 Å². The van der Waals surface area contributed by atoms with Gasteiger partial charge < -0.3 is 0 Å². The molecule has 0 spiro atoms. The first-order chi connectivity index (χ1) is 16.3. The number of benzene rings is 2. The van der Waals surface area contributed by atoms with Crippen LogP contribution >= 0.6 is 0 Å². The summed E-state index contributed by atoms with van der Waals surface area (Å²) in [5.41, 5.74) is 3.35. The van der Waals surface area contributed by atoms with Gasteiger partial charge in [0.15, 0.2) is 16.9 Å². The second-order valence-electron chi connectivity index (χ2n) is 8.49. The van der Waals surface area contributed by atoms with Crippen LogP contribution in [0.3, 0.4) is 0 Å². The van der Waals surface area contributed by atoms with Crippen LogP contribution in [0.2, 0.25) is 0 Å². The van der Waals surface area contributed by atoms with Crippen molar-refractivity contribution < 1.29 is 4.79 Å². The number of aryl methyl sites for hydroxylation is 2. The van der Waals surface area contributed by atoms with E-state index in [1.54, 1.807) is 18.4 Å². The minimum Gasteiger partial charge on any atom is -0.298 e. The zero-order valence-corrected chi connectivity index (χ0v) is 19.5. The number of carbonyl (C=O) groups excluding carboxylic acids is 1. The molecule has 0 unspecified atom stereocenters. The standard InChI is InChI=1S/C26H25N5O3/c1-5-18-11-13-20(14-12-18)31-21(19-9-7-6-8-10-19)15-29-22-23(27-25(29)31)28(4)26(34)30(24(22)33)16(2)17(3)32/h6-16H,5H2,1-4H3/t16-/m1/s1. The molecule has 0 saturated carbocycles. The molecule has 1 atom stereocenters. The second kappa shape index (κ2) is 7.98. The van der Waals surface area contributed by atoms with Crippen LogP contribution in [-0.4, -0.2) is 28.9 Å². The molecule has 0 bridgehead atoms. The van der Waals surface area contributed by atoms with Crippen LogP contribution in [0, 0.1) is 0 Å². The van der Waals surface area contributed by atoms with Crippen molar-refractivity contribution in [3.8, 4) is 16.9 Å². The predicted molar refractivity (Wildman–Crippen MR) is 132 cm³/mol. The molecule has 8 nitrogen and oxygen atoms in total. The number of aromatic nitrogens is 5. The maximum Gasteiger partial charge on any atom is 0.333 e. The fourth-order valence-electron chi connectivity index (χ4n) is 4.33. The minimum atomic E-state index is -0.876. The highest BCUT2D eigenvalue weighted by atomic mass is 16.2. The third-order valence-electron chi connectivity index (χ3n) is 6.45. The van der Waals surface area contributed by atoms with Crippen molar-refractivity contribution in [1.82, 2.24) is 23.1 Å². The number of ketones is 1. The van der Waals surface area contributed by atoms with Gasteiger partial charge in [-0.3, -0.25) is 23.1 Å². The zero-order chi connectivity index (χ0) is 24.1. The average molecular weight is 456 g/mol. The van der Waals surface area contributed by atoms with E-state index in [2.05, 4.69) is 19.1 Å². The summed E-state index contributed by atoms with van der Waals surface area (Å²) < 4.78 is 6.04. The Labute approximate surface area is 195 Å². The fraction of sp³-hybridized carbons (Fsp3) is 0.231. The normalized spacial score (nSPS) is 12.5. The van der Waals surface area contributed by atoms with Crippen molar-refractivity contribution in [2.45, 2.75) is 33.2 Å². The SMILES string of the molecule is CCc1ccc(-n2c(-c3ccccc3)cn3c4c(=O)n([C@H](C)C(C)=O)c(=O)n(C)c4nc23)cc1. The smallest absolute Gasteiger partial charge is 0.298 e. The van der Waals surface area contributed by atoms with E-state index in [9.17, 15) is 14.4 Å². The van der Waals surface area contributed by atoms with Gasteiger partial charge in [-0.25, -0.2) is 9.36 Å². The molecule has 5 aromatic rings. The van der Waals surface area contributed by atoms with Crippen molar-refractivity contribution in [2.24, 2.45) is 7.05 Å². The molecule has 34 heavy (non-hydrogen) atoms. The first-order valence-corrected chi connectivity index (χ1v) is 11.2. The van der Waals surface area contributed by atoms with Crippen LogP contribution in [0.15, 0.2) is 70.4 Å². The van der Waals surface area contributed by atoms with Gasteiger partial charge in [-0.05, 0) is 38.0 Å². The van der Waals surface area contributed by atoms with Gasteiger partial charge >= 0.3 is 5.69 Å². The van der Waals surface area contributed by atoms with Gasteiger partial charge in [0.25, 0.3) is 5.56 Å². The summed E-state index contributed by atoms with van der Waals surface area (Å²) in [7, 11) is 1.57. The summed E-state index contributed by atoms with van der Waals surface area (Å²) in [4.78, 5) is 43.3. The Balaban J connectivity index is 1.92. The molecule has 0 saturated heterocycles. The fourth-order valence-corrected chi connectivity index (χ4v) is 4.33. The van der Waals surface area contributed by atoms with E-state index < -0.39 is 17.3 Å². The average Bonchev–Trinajstić information content (AvgIpc) is 3.40. The Morgan fingerprint density at radius 3 is 2.32 bits per heavy atom. The molecule has 8 heteroatoms. The van der Waals surface area contributed by atoms with Crippen molar-refractivity contribution in [2.75, 3.05) is 0 Å². The minimum absolute atomic E-state index is 0.256. The van der Waals surface area contributed by atoms with E-state index in [1.807, 2.05) is 53.2 Å². The predicted octanol–water partition coefficient (Wildman–Crippen LogP) is 3.52. The Morgan fingerprint density at radius 1 is 1.03 bits per heavy atom. The number of Topliss-reactive ketones (excluding diaryl/α,β-unsaturated/α-hetero) is 1. The summed E-state index contributed by atoms with van der Waals surface area (Å²) in [6.45, 7) is 5.04. The summed E-state index contributed by atoms with van der Waals surface area (Å²) in [5, 5.41) is 0. The number of nitrogens with zero attached hydrogens (tertiary/aromatic N) is 5. The monoisotopic (exact) mass is 455 g/mol. The lowest BCUT2D eigenvalue weighted by Gasteiger charge is -2.12. The van der Waals surface area contributed by atoms with Crippen molar-refractivity contribution >= 4 is 22.7 Å². The summed E-state index contributed by atoms with van der Waals surface area (Å²) >= 11 is 0. The summed E-state index contributed by atoms with van der Waals surface area (Å²) in [5.74, 6) is 0.247. The molecule has 5 rings (SSSR count). The Kier molecular flexibility index (Phi) is 5.08. The van der Waals surface area contributed by atoms with E-state index in [0.717, 1.165) is 27.9 Å². The first kappa shape index (κ1) is 21.6. The number of fused-ring (bicyclic) bond motifs is 3. The third kappa shape index (κ3) is 3.14. The van der Waals surface area contributed by atoms with E-state index >= 15 is 0 Å². The molecule has 2 aromatic carbocycles. The molecule has 0 amide bonds. The number of rotatable bonds is 5. The summed E-state index contributed by atoms with van der Waals surface area (Å²) in [6, 6.07) is 17.2. The van der Waals surface area contributed by atoms with Crippen LogP contribution in [0.25, 0.3) is 33.9 Å². The van der Waals surface area contributed by atoms with E-state index in [0.29, 0.717) is 5.78 Å². The third-order valence-corrected chi connectivity index (χ3v) is 6.45. The second-order valence-corrected chi connectivity index (χ2v) is 8.49. The zero-order valence-electron chi connectivity index (χ0n) is 19.5. The van der Waals surface area contributed by atoms with E-state index in [-0.39, 0.29) is 16.9 Å². The molecule has 172 valence electrons. The Morgan fingerprint density at radius 2 is 1.71 bits per heavy atom. The van der Waals surface area contributed by atoms with Crippen LogP contribution in [-0.2, 0) is 18.3 Å². The van der Waals surface area contributed by atoms with Crippen molar-refractivity contribution in [1.29, 1.82) is 0 Å². The Bertz CT molecular complexity index is 1670. The maximum absolute atomic E-state index is 13.5. The van der Waals surface area contributed by atoms with Gasteiger partial charge in [0.2, 0.25) is 5.78 Å². The molecular weight excluding hydrogens is 430 g/mol. The number of imidazole rings is 2. The lowest BCUT2D eigenvalue weighted by atomic mass is 10.1. The molecule has 0 fully saturated rings. The van der Waals surface area contributed by atoms with Crippen molar-refractivity contribution in [3.63, 3.8) is 0 Å². The molecular formula is C26H25N5O3. The number of hydrogen-bond donors (Lipinski definition) is 0. The lowest BCUT2D eigenvalue weighted by Crippen LogP contribution is -2.42. The molecule has 0 radical (unpaired) electrons. The van der Waals surface area contributed by atoms with Crippen LogP contribution in [0.1, 0.15) is 32.4 Å². The molecule has 0 N–H and O–H groups in total. The molecule has 0 aliphatic heterocycles. The first-order valence-electron chi connectivity index (χ1n) is 11.2. The van der Waals surface area contributed by atoms with Gasteiger partial charge in [-0.2, -0.15) is 4.98 Å². The van der Waals surface area contributed by atoms with Crippen LogP contribution in [0.4, 0.5) is 0 Å². The molecule has 0 aliphatic rings. The van der Waals surface area contributed by atoms with E-state index in [4.69, 9.17) is 4.98 Å². The largest absolute Gasteiger partial charge is 0.333 e. The highest BCUT2D eigenvalue weighted by molar-refractivity contribution is 5.82. The quantitative estimate of drug-likeness (QED) is 0.406. The highest BCUT2D eigenvalue weighted by Gasteiger charge is 2.25. The molecule has 3 heterocycles. The van der Waals surface area contributed by atoms with Crippen LogP contribution < -0.4 is 11.2 Å². The highest BCUT2D eigenvalue weighted by Crippen LogP contribution is 2.29. The maximum atomic E-state index is 13.5. The number of hydrogen-bond acceptors (Lipinski definition) is 4. The van der Waals surface area contributed by atoms with Gasteiger partial charge in [-0.15, -0.1) is 0 Å². The van der Waals surface area contributed by atoms with Gasteiger partial charge in [0.1, 0.15) is 0 Å². The Hall–Kier alpha value is -4.20. The summed E-state index contributed by atoms with van der Waals surface area (Å²) in [6.07, 6.45) is 2.79. The van der Waals surface area contributed by atoms with Gasteiger partial charge in [0, 0.05) is 24.5 Å². The number of carbonyl (C=O) groups is 1. The topological polar surface area (TPSA) is 83.3 Å². The van der Waals surface area contributed by atoms with Crippen molar-refractivity contribution in [3.05, 3.63) is 87.2 Å². The van der Waals surface area contributed by atoms with Gasteiger partial charge in [0.05, 0.1) is 11.7 Å². The lowest BCUT2D eigenvalue weighted by molar-refractivity contribution is -0.119. The van der Waals surface area contributed by atoms with E-state index in [1.165, 1.54) is 17.1 Å². The van der Waals surface area contributed by atoms with Gasteiger partial charge in [-0.1, -0.05) is 49.4 Å².